The number of para-hydroxylation sites is 1. The van der Waals surface area contributed by atoms with Gasteiger partial charge in [-0.25, -0.2) is 0 Å². The van der Waals surface area contributed by atoms with Gasteiger partial charge in [0.05, 0.1) is 12.0 Å². The van der Waals surface area contributed by atoms with Crippen LogP contribution in [0.25, 0.3) is 10.9 Å². The summed E-state index contributed by atoms with van der Waals surface area (Å²) in [5.41, 5.74) is 1.35. The molecule has 2 fully saturated rings. The largest absolute Gasteiger partial charge is 0.393 e. The van der Waals surface area contributed by atoms with Gasteiger partial charge < -0.3 is 20.5 Å². The summed E-state index contributed by atoms with van der Waals surface area (Å²) >= 11 is 0. The average molecular weight is 597 g/mol. The summed E-state index contributed by atoms with van der Waals surface area (Å²) < 4.78 is 41.5. The number of rotatable bonds is 9. The molecule has 226 valence electrons. The first-order valence-corrected chi connectivity index (χ1v) is 14.2. The Labute approximate surface area is 245 Å². The number of aromatic nitrogens is 1. The van der Waals surface area contributed by atoms with Gasteiger partial charge in [0.1, 0.15) is 17.5 Å². The number of halogens is 3. The predicted molar refractivity (Wildman–Crippen MR) is 149 cm³/mol. The fourth-order valence-electron chi connectivity index (χ4n) is 5.83. The van der Waals surface area contributed by atoms with Gasteiger partial charge in [0.25, 0.3) is 11.8 Å². The summed E-state index contributed by atoms with van der Waals surface area (Å²) in [7, 11) is 0. The maximum Gasteiger partial charge on any atom is 0.393 e. The van der Waals surface area contributed by atoms with Crippen molar-refractivity contribution in [3.8, 4) is 0 Å². The SMILES string of the molecule is O=C(NCc1ccccc1)C(=O)[C@H](C[C@@H]1CCCC1=O)NC(=O)[C@@H]1C[C@@H](C(F)(F)F)CN1C(=O)c1cc2ccccc2[nH]1. The molecule has 3 aromatic rings. The number of hydrogen-bond donors (Lipinski definition) is 3. The molecule has 5 rings (SSSR count). The van der Waals surface area contributed by atoms with Gasteiger partial charge in [-0.2, -0.15) is 13.2 Å². The number of likely N-dealkylation sites (tertiary alicyclic amines) is 1. The lowest BCUT2D eigenvalue weighted by atomic mass is 9.94. The molecule has 9 nitrogen and oxygen atoms in total. The molecule has 2 aromatic carbocycles. The number of hydrogen-bond acceptors (Lipinski definition) is 5. The van der Waals surface area contributed by atoms with Crippen molar-refractivity contribution >= 4 is 40.2 Å². The molecule has 43 heavy (non-hydrogen) atoms. The molecule has 1 aromatic heterocycles. The van der Waals surface area contributed by atoms with Crippen molar-refractivity contribution in [2.24, 2.45) is 11.8 Å². The van der Waals surface area contributed by atoms with Gasteiger partial charge in [-0.1, -0.05) is 48.5 Å². The summed E-state index contributed by atoms with van der Waals surface area (Å²) in [4.78, 5) is 69.2. The number of nitrogens with zero attached hydrogens (tertiary/aromatic N) is 1. The summed E-state index contributed by atoms with van der Waals surface area (Å²) in [6, 6.07) is 14.2. The highest BCUT2D eigenvalue weighted by atomic mass is 19.4. The fourth-order valence-corrected chi connectivity index (χ4v) is 5.83. The van der Waals surface area contributed by atoms with E-state index >= 15 is 0 Å². The van der Waals surface area contributed by atoms with Gasteiger partial charge >= 0.3 is 6.18 Å². The van der Waals surface area contributed by atoms with Gasteiger partial charge in [-0.3, -0.25) is 24.0 Å². The number of Topliss-reactive ketones (excluding diaryl/α,β-unsaturated/α-hetero) is 2. The van der Waals surface area contributed by atoms with Gasteiger partial charge in [0.2, 0.25) is 11.7 Å². The van der Waals surface area contributed by atoms with Crippen molar-refractivity contribution < 1.29 is 37.1 Å². The highest BCUT2D eigenvalue weighted by Crippen LogP contribution is 2.37. The topological polar surface area (TPSA) is 128 Å². The molecule has 0 radical (unpaired) electrons. The number of H-pyrrole nitrogens is 1. The monoisotopic (exact) mass is 596 g/mol. The summed E-state index contributed by atoms with van der Waals surface area (Å²) in [5.74, 6) is -6.44. The van der Waals surface area contributed by atoms with E-state index in [0.717, 1.165) is 10.5 Å². The van der Waals surface area contributed by atoms with Crippen molar-refractivity contribution in [3.05, 3.63) is 71.9 Å². The van der Waals surface area contributed by atoms with E-state index in [-0.39, 0.29) is 24.4 Å². The van der Waals surface area contributed by atoms with Crippen LogP contribution in [-0.4, -0.2) is 64.0 Å². The Kier molecular flexibility index (Phi) is 8.65. The summed E-state index contributed by atoms with van der Waals surface area (Å²) in [6.07, 6.45) is -4.16. The van der Waals surface area contributed by atoms with Crippen molar-refractivity contribution in [1.29, 1.82) is 0 Å². The quantitative estimate of drug-likeness (QED) is 0.325. The molecule has 1 aliphatic carbocycles. The third-order valence-corrected chi connectivity index (χ3v) is 8.19. The Bertz CT molecular complexity index is 1500. The van der Waals surface area contributed by atoms with Crippen LogP contribution in [0.5, 0.6) is 0 Å². The molecular weight excluding hydrogens is 565 g/mol. The zero-order valence-electron chi connectivity index (χ0n) is 23.2. The molecular formula is C31H31F3N4O5. The van der Waals surface area contributed by atoms with E-state index in [1.165, 1.54) is 6.07 Å². The van der Waals surface area contributed by atoms with E-state index in [9.17, 15) is 37.1 Å². The standard InChI is InChI=1S/C31H31F3N4O5/c32-31(33,34)21-15-25(38(17-21)30(43)24-13-19-9-4-5-11-22(19)36-24)28(41)37-23(14-20-10-6-12-26(20)39)27(40)29(42)35-16-18-7-2-1-3-8-18/h1-5,7-9,11,13,20-21,23,25,36H,6,10,12,14-17H2,(H,35,42)(H,37,41)/t20-,21+,23-,25-/m0/s1. The lowest BCUT2D eigenvalue weighted by Crippen LogP contribution is -2.54. The molecule has 0 unspecified atom stereocenters. The minimum Gasteiger partial charge on any atom is -0.351 e. The van der Waals surface area contributed by atoms with E-state index < -0.39 is 66.6 Å². The third kappa shape index (κ3) is 6.79. The van der Waals surface area contributed by atoms with Gasteiger partial charge in [-0.05, 0) is 43.4 Å². The number of nitrogens with one attached hydrogen (secondary N) is 3. The predicted octanol–water partition coefficient (Wildman–Crippen LogP) is 3.69. The van der Waals surface area contributed by atoms with Crippen molar-refractivity contribution in [3.63, 3.8) is 0 Å². The summed E-state index contributed by atoms with van der Waals surface area (Å²) in [6.45, 7) is -0.704. The Hall–Kier alpha value is -4.48. The lowest BCUT2D eigenvalue weighted by molar-refractivity contribution is -0.170. The number of carbonyl (C=O) groups excluding carboxylic acids is 5. The normalized spacial score (nSPS) is 21.1. The Morgan fingerprint density at radius 2 is 1.74 bits per heavy atom. The second-order valence-electron chi connectivity index (χ2n) is 11.1. The lowest BCUT2D eigenvalue weighted by Gasteiger charge is -2.26. The van der Waals surface area contributed by atoms with Crippen LogP contribution in [0.15, 0.2) is 60.7 Å². The zero-order valence-corrected chi connectivity index (χ0v) is 23.2. The first-order valence-electron chi connectivity index (χ1n) is 14.2. The van der Waals surface area contributed by atoms with Crippen LogP contribution in [0.2, 0.25) is 0 Å². The number of benzene rings is 2. The Morgan fingerprint density at radius 3 is 2.42 bits per heavy atom. The molecule has 4 atom stereocenters. The highest BCUT2D eigenvalue weighted by molar-refractivity contribution is 6.38. The number of ketones is 2. The maximum absolute atomic E-state index is 13.8. The van der Waals surface area contributed by atoms with Gasteiger partial charge in [0.15, 0.2) is 0 Å². The van der Waals surface area contributed by atoms with Crippen LogP contribution in [0.3, 0.4) is 0 Å². The minimum atomic E-state index is -4.67. The molecule has 2 aliphatic rings. The first-order chi connectivity index (χ1) is 20.5. The van der Waals surface area contributed by atoms with Crippen molar-refractivity contribution in [2.45, 2.75) is 56.9 Å². The molecule has 3 amide bonds. The average Bonchev–Trinajstić information content (AvgIpc) is 3.73. The number of aromatic amines is 1. The second kappa shape index (κ2) is 12.4. The minimum absolute atomic E-state index is 0.0197. The van der Waals surface area contributed by atoms with E-state index in [1.54, 1.807) is 54.6 Å². The smallest absolute Gasteiger partial charge is 0.351 e. The van der Waals surface area contributed by atoms with Crippen LogP contribution in [0, 0.1) is 11.8 Å². The van der Waals surface area contributed by atoms with Gasteiger partial charge in [-0.15, -0.1) is 0 Å². The van der Waals surface area contributed by atoms with Crippen LogP contribution >= 0.6 is 0 Å². The van der Waals surface area contributed by atoms with Crippen LogP contribution in [0.4, 0.5) is 13.2 Å². The molecule has 3 N–H and O–H groups in total. The van der Waals surface area contributed by atoms with Crippen LogP contribution in [-0.2, 0) is 25.7 Å². The number of amides is 3. The molecule has 0 spiro atoms. The summed E-state index contributed by atoms with van der Waals surface area (Å²) in [5, 5.41) is 5.62. The first kappa shape index (κ1) is 30.0. The van der Waals surface area contributed by atoms with E-state index in [1.807, 2.05) is 0 Å². The van der Waals surface area contributed by atoms with E-state index in [0.29, 0.717) is 30.2 Å². The molecule has 1 aliphatic heterocycles. The molecule has 0 bridgehead atoms. The molecule has 1 saturated heterocycles. The zero-order chi connectivity index (χ0) is 30.7. The molecule has 12 heteroatoms. The number of carbonyl (C=O) groups is 5. The third-order valence-electron chi connectivity index (χ3n) is 8.19. The Balaban J connectivity index is 1.36. The Morgan fingerprint density at radius 1 is 1.02 bits per heavy atom. The fraction of sp³-hybridized carbons (Fsp3) is 0.387. The van der Waals surface area contributed by atoms with Crippen molar-refractivity contribution in [1.82, 2.24) is 20.5 Å². The molecule has 2 heterocycles. The van der Waals surface area contributed by atoms with E-state index in [4.69, 9.17) is 0 Å². The highest BCUT2D eigenvalue weighted by Gasteiger charge is 2.51. The van der Waals surface area contributed by atoms with Crippen LogP contribution in [0.1, 0.15) is 48.2 Å². The maximum atomic E-state index is 13.8. The number of fused-ring (bicyclic) bond motifs is 1. The second-order valence-corrected chi connectivity index (χ2v) is 11.1. The van der Waals surface area contributed by atoms with Gasteiger partial charge in [0, 0.05) is 36.3 Å². The van der Waals surface area contributed by atoms with Crippen LogP contribution < -0.4 is 10.6 Å². The molecule has 1 saturated carbocycles. The van der Waals surface area contributed by atoms with E-state index in [2.05, 4.69) is 15.6 Å². The van der Waals surface area contributed by atoms with Crippen molar-refractivity contribution in [2.75, 3.05) is 6.54 Å². The number of alkyl halides is 3.